The highest BCUT2D eigenvalue weighted by Gasteiger charge is 2.37. The lowest BCUT2D eigenvalue weighted by molar-refractivity contribution is -0.136. The predicted molar refractivity (Wildman–Crippen MR) is 124 cm³/mol. The summed E-state index contributed by atoms with van der Waals surface area (Å²) in [5.41, 5.74) is 2.49. The van der Waals surface area contributed by atoms with E-state index < -0.39 is 12.0 Å². The molecule has 1 N–H and O–H groups in total. The minimum Gasteiger partial charge on any atom is -0.466 e. The molecular formula is C21H17Cl3N4O2S. The summed E-state index contributed by atoms with van der Waals surface area (Å²) in [6, 6.07) is 12.1. The third-order valence-corrected chi connectivity index (χ3v) is 6.74. The fourth-order valence-electron chi connectivity index (χ4n) is 3.36. The Morgan fingerprint density at radius 1 is 1.13 bits per heavy atom. The molecule has 1 unspecified atom stereocenters. The quantitative estimate of drug-likeness (QED) is 0.346. The van der Waals surface area contributed by atoms with Crippen LogP contribution in [-0.4, -0.2) is 27.8 Å². The number of halogens is 3. The van der Waals surface area contributed by atoms with Crippen LogP contribution in [0.4, 0.5) is 5.95 Å². The summed E-state index contributed by atoms with van der Waals surface area (Å²) in [6.07, 6.45) is 0. The number of nitrogens with zero attached hydrogens (tertiary/aromatic N) is 3. The number of fused-ring (bicyclic) bond motifs is 1. The van der Waals surface area contributed by atoms with Crippen LogP contribution in [0.1, 0.15) is 24.1 Å². The van der Waals surface area contributed by atoms with Crippen LogP contribution in [-0.2, 0) is 15.3 Å². The molecule has 2 heterocycles. The van der Waals surface area contributed by atoms with Crippen molar-refractivity contribution in [3.05, 3.63) is 79.9 Å². The molecule has 0 bridgehead atoms. The Bertz CT molecular complexity index is 1170. The molecule has 4 rings (SSSR count). The van der Waals surface area contributed by atoms with E-state index in [0.717, 1.165) is 5.56 Å². The number of benzene rings is 2. The van der Waals surface area contributed by atoms with Crippen LogP contribution >= 0.6 is 46.6 Å². The standard InChI is InChI=1S/C21H17Cl3N4O2S/c1-11-16(19(29)30-2)18(17-14(23)8-5-9-15(17)24)28-20(25-11)26-21(27-28)31-10-12-6-3-4-7-13(12)22/h3-9,18H,10H2,1-2H3,(H,25,26,27). The Morgan fingerprint density at radius 3 is 2.48 bits per heavy atom. The second-order valence-corrected chi connectivity index (χ2v) is 8.90. The normalized spacial score (nSPS) is 15.5. The Balaban J connectivity index is 1.76. The smallest absolute Gasteiger partial charge is 0.338 e. The van der Waals surface area contributed by atoms with E-state index in [2.05, 4.69) is 15.4 Å². The zero-order chi connectivity index (χ0) is 22.1. The van der Waals surface area contributed by atoms with Crippen molar-refractivity contribution in [2.45, 2.75) is 23.9 Å². The number of aromatic nitrogens is 3. The van der Waals surface area contributed by atoms with Crippen LogP contribution in [0.15, 0.2) is 58.9 Å². The van der Waals surface area contributed by atoms with E-state index in [4.69, 9.17) is 39.5 Å². The van der Waals surface area contributed by atoms with E-state index in [-0.39, 0.29) is 0 Å². The van der Waals surface area contributed by atoms with Gasteiger partial charge < -0.3 is 10.1 Å². The number of nitrogens with one attached hydrogen (secondary N) is 1. The maximum absolute atomic E-state index is 12.7. The van der Waals surface area contributed by atoms with Gasteiger partial charge in [-0.3, -0.25) is 0 Å². The Kier molecular flexibility index (Phi) is 6.48. The number of ether oxygens (including phenoxy) is 1. The van der Waals surface area contributed by atoms with Crippen molar-refractivity contribution < 1.29 is 9.53 Å². The SMILES string of the molecule is COC(=O)C1=C(C)Nc2nc(SCc3ccccc3Cl)nn2C1c1c(Cl)cccc1Cl. The van der Waals surface area contributed by atoms with Crippen LogP contribution in [0.5, 0.6) is 0 Å². The Labute approximate surface area is 198 Å². The number of carbonyl (C=O) groups excluding carboxylic acids is 1. The number of thioether (sulfide) groups is 1. The number of rotatable bonds is 5. The molecule has 160 valence electrons. The molecule has 2 aromatic carbocycles. The van der Waals surface area contributed by atoms with Crippen molar-refractivity contribution in [1.82, 2.24) is 14.8 Å². The van der Waals surface area contributed by atoms with Crippen molar-refractivity contribution in [3.63, 3.8) is 0 Å². The molecule has 3 aromatic rings. The molecule has 0 fully saturated rings. The average molecular weight is 496 g/mol. The minimum absolute atomic E-state index is 0.359. The Morgan fingerprint density at radius 2 is 1.81 bits per heavy atom. The molecule has 1 aromatic heterocycles. The molecule has 6 nitrogen and oxygen atoms in total. The van der Waals surface area contributed by atoms with Gasteiger partial charge in [-0.25, -0.2) is 9.48 Å². The van der Waals surface area contributed by atoms with Crippen LogP contribution in [0, 0.1) is 0 Å². The molecule has 1 aliphatic rings. The van der Waals surface area contributed by atoms with Gasteiger partial charge in [0.15, 0.2) is 0 Å². The summed E-state index contributed by atoms with van der Waals surface area (Å²) in [7, 11) is 1.33. The van der Waals surface area contributed by atoms with Gasteiger partial charge in [-0.15, -0.1) is 5.10 Å². The first-order valence-electron chi connectivity index (χ1n) is 9.23. The summed E-state index contributed by atoms with van der Waals surface area (Å²) in [5, 5.41) is 9.82. The second-order valence-electron chi connectivity index (χ2n) is 6.74. The molecular weight excluding hydrogens is 479 g/mol. The van der Waals surface area contributed by atoms with E-state index >= 15 is 0 Å². The third kappa shape index (κ3) is 4.28. The molecule has 0 radical (unpaired) electrons. The van der Waals surface area contributed by atoms with Crippen molar-refractivity contribution in [2.24, 2.45) is 0 Å². The van der Waals surface area contributed by atoms with Gasteiger partial charge in [0, 0.05) is 32.1 Å². The van der Waals surface area contributed by atoms with E-state index in [1.54, 1.807) is 29.8 Å². The number of esters is 1. The highest BCUT2D eigenvalue weighted by molar-refractivity contribution is 7.98. The minimum atomic E-state index is -0.688. The van der Waals surface area contributed by atoms with E-state index in [1.165, 1.54) is 18.9 Å². The molecule has 10 heteroatoms. The lowest BCUT2D eigenvalue weighted by atomic mass is 9.95. The van der Waals surface area contributed by atoms with Gasteiger partial charge in [0.05, 0.1) is 12.7 Å². The van der Waals surface area contributed by atoms with E-state index in [9.17, 15) is 4.79 Å². The van der Waals surface area contributed by atoms with Gasteiger partial charge in [-0.2, -0.15) is 4.98 Å². The number of hydrogen-bond donors (Lipinski definition) is 1. The van der Waals surface area contributed by atoms with Gasteiger partial charge >= 0.3 is 5.97 Å². The van der Waals surface area contributed by atoms with Crippen molar-refractivity contribution in [1.29, 1.82) is 0 Å². The molecule has 0 aliphatic carbocycles. The number of methoxy groups -OCH3 is 1. The summed E-state index contributed by atoms with van der Waals surface area (Å²) in [6.45, 7) is 1.78. The first-order chi connectivity index (χ1) is 14.9. The highest BCUT2D eigenvalue weighted by atomic mass is 35.5. The van der Waals surface area contributed by atoms with Crippen LogP contribution in [0.2, 0.25) is 15.1 Å². The third-order valence-electron chi connectivity index (χ3n) is 4.83. The summed E-state index contributed by atoms with van der Waals surface area (Å²) < 4.78 is 6.64. The Hall–Kier alpha value is -2.19. The summed E-state index contributed by atoms with van der Waals surface area (Å²) in [5.74, 6) is 0.571. The second kappa shape index (κ2) is 9.12. The molecule has 1 atom stereocenters. The number of carbonyl (C=O) groups is 1. The van der Waals surface area contributed by atoms with Gasteiger partial charge in [-0.05, 0) is 30.7 Å². The van der Waals surface area contributed by atoms with Gasteiger partial charge in [-0.1, -0.05) is 70.8 Å². The zero-order valence-corrected chi connectivity index (χ0v) is 19.6. The lowest BCUT2D eigenvalue weighted by Crippen LogP contribution is -2.29. The van der Waals surface area contributed by atoms with Crippen molar-refractivity contribution in [2.75, 3.05) is 12.4 Å². The molecule has 1 aliphatic heterocycles. The number of allylic oxidation sites excluding steroid dienone is 1. The van der Waals surface area contributed by atoms with Gasteiger partial charge in [0.1, 0.15) is 6.04 Å². The number of hydrogen-bond acceptors (Lipinski definition) is 6. The maximum atomic E-state index is 12.7. The first kappa shape index (κ1) is 22.0. The largest absolute Gasteiger partial charge is 0.466 e. The molecule has 31 heavy (non-hydrogen) atoms. The fraction of sp³-hybridized carbons (Fsp3) is 0.190. The lowest BCUT2D eigenvalue weighted by Gasteiger charge is -2.28. The van der Waals surface area contributed by atoms with Crippen LogP contribution in [0.3, 0.4) is 0 Å². The fourth-order valence-corrected chi connectivity index (χ4v) is 5.08. The van der Waals surface area contributed by atoms with Crippen LogP contribution < -0.4 is 5.32 Å². The highest BCUT2D eigenvalue weighted by Crippen LogP contribution is 2.42. The predicted octanol–water partition coefficient (Wildman–Crippen LogP) is 5.99. The van der Waals surface area contributed by atoms with Crippen LogP contribution in [0.25, 0.3) is 0 Å². The summed E-state index contributed by atoms with van der Waals surface area (Å²) in [4.78, 5) is 17.2. The summed E-state index contributed by atoms with van der Waals surface area (Å²) >= 11 is 20.7. The molecule has 0 spiro atoms. The molecule has 0 saturated carbocycles. The maximum Gasteiger partial charge on any atom is 0.338 e. The molecule has 0 saturated heterocycles. The monoisotopic (exact) mass is 494 g/mol. The van der Waals surface area contributed by atoms with Gasteiger partial charge in [0.25, 0.3) is 0 Å². The topological polar surface area (TPSA) is 69.0 Å². The van der Waals surface area contributed by atoms with Crippen molar-refractivity contribution >= 4 is 58.5 Å². The van der Waals surface area contributed by atoms with E-state index in [1.807, 2.05) is 24.3 Å². The number of anilines is 1. The van der Waals surface area contributed by atoms with Gasteiger partial charge in [0.2, 0.25) is 11.1 Å². The van der Waals surface area contributed by atoms with E-state index in [0.29, 0.717) is 48.8 Å². The van der Waals surface area contributed by atoms with Crippen molar-refractivity contribution in [3.8, 4) is 0 Å². The first-order valence-corrected chi connectivity index (χ1v) is 11.4. The zero-order valence-electron chi connectivity index (χ0n) is 16.5. The average Bonchev–Trinajstić information content (AvgIpc) is 3.15. The molecule has 0 amide bonds.